The zero-order valence-corrected chi connectivity index (χ0v) is 15.6. The molecular weight excluding hydrogens is 316 g/mol. The average molecular weight is 346 g/mol. The van der Waals surface area contributed by atoms with E-state index in [0.29, 0.717) is 19.8 Å². The van der Waals surface area contributed by atoms with Crippen LogP contribution in [0.2, 0.25) is 0 Å². The molecule has 1 aromatic rings. The number of hydrogen-bond acceptors (Lipinski definition) is 4. The van der Waals surface area contributed by atoms with E-state index >= 15 is 0 Å². The fraction of sp³-hybridized carbons (Fsp3) is 0.650. The summed E-state index contributed by atoms with van der Waals surface area (Å²) < 4.78 is 11.1. The van der Waals surface area contributed by atoms with E-state index in [9.17, 15) is 4.79 Å². The summed E-state index contributed by atoms with van der Waals surface area (Å²) in [5.74, 6) is 0.970. The van der Waals surface area contributed by atoms with E-state index in [1.54, 1.807) is 4.90 Å². The Kier molecular flexibility index (Phi) is 6.19. The fourth-order valence-electron chi connectivity index (χ4n) is 3.78. The molecule has 1 aromatic carbocycles. The second-order valence-corrected chi connectivity index (χ2v) is 6.87. The zero-order chi connectivity index (χ0) is 17.6. The predicted molar refractivity (Wildman–Crippen MR) is 97.9 cm³/mol. The highest BCUT2D eigenvalue weighted by Gasteiger charge is 2.24. The van der Waals surface area contributed by atoms with Crippen LogP contribution in [0.4, 0.5) is 4.79 Å². The SMILES string of the molecule is CCOC(=O)N1CCc2cc(CN3CCCCC3)c(OCC)cc2C1. The van der Waals surface area contributed by atoms with Gasteiger partial charge < -0.3 is 14.4 Å². The monoisotopic (exact) mass is 346 g/mol. The van der Waals surface area contributed by atoms with Gasteiger partial charge in [-0.25, -0.2) is 4.79 Å². The smallest absolute Gasteiger partial charge is 0.410 e. The molecule has 1 fully saturated rings. The lowest BCUT2D eigenvalue weighted by Crippen LogP contribution is -2.36. The Labute approximate surface area is 150 Å². The molecule has 1 amide bonds. The van der Waals surface area contributed by atoms with Crippen LogP contribution in [0, 0.1) is 0 Å². The molecule has 5 nitrogen and oxygen atoms in total. The van der Waals surface area contributed by atoms with Crippen molar-refractivity contribution in [3.63, 3.8) is 0 Å². The molecular formula is C20H30N2O3. The van der Waals surface area contributed by atoms with E-state index in [4.69, 9.17) is 9.47 Å². The first-order valence-electron chi connectivity index (χ1n) is 9.62. The van der Waals surface area contributed by atoms with Crippen LogP contribution in [0.5, 0.6) is 5.75 Å². The maximum atomic E-state index is 12.0. The summed E-state index contributed by atoms with van der Waals surface area (Å²) in [6.07, 6.45) is 4.60. The Morgan fingerprint density at radius 1 is 1.04 bits per heavy atom. The van der Waals surface area contributed by atoms with Gasteiger partial charge in [0, 0.05) is 25.2 Å². The molecule has 0 bridgehead atoms. The molecule has 138 valence electrons. The number of nitrogens with zero attached hydrogens (tertiary/aromatic N) is 2. The standard InChI is InChI=1S/C20H30N2O3/c1-3-24-19-13-17-15-22(20(23)25-4-2)11-8-16(17)12-18(19)14-21-9-6-5-7-10-21/h12-13H,3-11,14-15H2,1-2H3. The van der Waals surface area contributed by atoms with Gasteiger partial charge in [-0.3, -0.25) is 4.90 Å². The summed E-state index contributed by atoms with van der Waals surface area (Å²) in [5, 5.41) is 0. The summed E-state index contributed by atoms with van der Waals surface area (Å²) in [6.45, 7) is 9.60. The summed E-state index contributed by atoms with van der Waals surface area (Å²) in [7, 11) is 0. The number of ether oxygens (including phenoxy) is 2. The van der Waals surface area contributed by atoms with Crippen LogP contribution in [0.15, 0.2) is 12.1 Å². The highest BCUT2D eigenvalue weighted by molar-refractivity contribution is 5.68. The van der Waals surface area contributed by atoms with Gasteiger partial charge in [0.05, 0.1) is 13.2 Å². The lowest BCUT2D eigenvalue weighted by molar-refractivity contribution is 0.102. The molecule has 1 saturated heterocycles. The Morgan fingerprint density at radius 3 is 2.56 bits per heavy atom. The fourth-order valence-corrected chi connectivity index (χ4v) is 3.78. The van der Waals surface area contributed by atoms with E-state index < -0.39 is 0 Å². The van der Waals surface area contributed by atoms with Crippen LogP contribution >= 0.6 is 0 Å². The molecule has 0 radical (unpaired) electrons. The number of carbonyl (C=O) groups excluding carboxylic acids is 1. The van der Waals surface area contributed by atoms with Gasteiger partial charge in [-0.05, 0) is 63.4 Å². The van der Waals surface area contributed by atoms with Crippen LogP contribution in [0.3, 0.4) is 0 Å². The summed E-state index contributed by atoms with van der Waals surface area (Å²) in [5.41, 5.74) is 3.81. The second kappa shape index (κ2) is 8.56. The van der Waals surface area contributed by atoms with Gasteiger partial charge in [-0.15, -0.1) is 0 Å². The van der Waals surface area contributed by atoms with Gasteiger partial charge in [0.2, 0.25) is 0 Å². The molecule has 0 saturated carbocycles. The maximum Gasteiger partial charge on any atom is 0.410 e. The number of likely N-dealkylation sites (tertiary alicyclic amines) is 1. The average Bonchev–Trinajstić information content (AvgIpc) is 2.63. The maximum absolute atomic E-state index is 12.0. The molecule has 3 rings (SSSR count). The van der Waals surface area contributed by atoms with Gasteiger partial charge >= 0.3 is 6.09 Å². The molecule has 25 heavy (non-hydrogen) atoms. The number of rotatable bonds is 5. The molecule has 5 heteroatoms. The van der Waals surface area contributed by atoms with E-state index in [-0.39, 0.29) is 6.09 Å². The number of hydrogen-bond donors (Lipinski definition) is 0. The number of piperidine rings is 1. The van der Waals surface area contributed by atoms with Crippen molar-refractivity contribution in [1.82, 2.24) is 9.80 Å². The molecule has 0 aromatic heterocycles. The molecule has 2 heterocycles. The quantitative estimate of drug-likeness (QED) is 0.817. The molecule has 0 aliphatic carbocycles. The van der Waals surface area contributed by atoms with Crippen LogP contribution in [0.25, 0.3) is 0 Å². The third kappa shape index (κ3) is 4.46. The van der Waals surface area contributed by atoms with Crippen molar-refractivity contribution in [2.24, 2.45) is 0 Å². The van der Waals surface area contributed by atoms with Crippen molar-refractivity contribution in [1.29, 1.82) is 0 Å². The third-order valence-electron chi connectivity index (χ3n) is 5.06. The first kappa shape index (κ1) is 18.1. The van der Waals surface area contributed by atoms with Crippen LogP contribution < -0.4 is 4.74 Å². The van der Waals surface area contributed by atoms with Crippen molar-refractivity contribution < 1.29 is 14.3 Å². The van der Waals surface area contributed by atoms with Crippen molar-refractivity contribution >= 4 is 6.09 Å². The third-order valence-corrected chi connectivity index (χ3v) is 5.06. The summed E-state index contributed by atoms with van der Waals surface area (Å²) in [4.78, 5) is 16.3. The van der Waals surface area contributed by atoms with Crippen molar-refractivity contribution in [3.05, 3.63) is 28.8 Å². The first-order chi connectivity index (χ1) is 12.2. The molecule has 0 N–H and O–H groups in total. The molecule has 2 aliphatic heterocycles. The zero-order valence-electron chi connectivity index (χ0n) is 15.6. The lowest BCUT2D eigenvalue weighted by atomic mass is 9.96. The summed E-state index contributed by atoms with van der Waals surface area (Å²) in [6, 6.07) is 4.45. The van der Waals surface area contributed by atoms with Gasteiger partial charge in [-0.2, -0.15) is 0 Å². The Morgan fingerprint density at radius 2 is 1.84 bits per heavy atom. The largest absolute Gasteiger partial charge is 0.494 e. The molecule has 2 aliphatic rings. The number of fused-ring (bicyclic) bond motifs is 1. The Hall–Kier alpha value is -1.75. The van der Waals surface area contributed by atoms with Gasteiger partial charge in [0.15, 0.2) is 0 Å². The molecule has 0 spiro atoms. The highest BCUT2D eigenvalue weighted by Crippen LogP contribution is 2.30. The van der Waals surface area contributed by atoms with Gasteiger partial charge in [0.1, 0.15) is 5.75 Å². The van der Waals surface area contributed by atoms with Gasteiger partial charge in [0.25, 0.3) is 0 Å². The van der Waals surface area contributed by atoms with E-state index in [0.717, 1.165) is 25.3 Å². The minimum absolute atomic E-state index is 0.219. The van der Waals surface area contributed by atoms with Gasteiger partial charge in [-0.1, -0.05) is 12.5 Å². The van der Waals surface area contributed by atoms with Crippen molar-refractivity contribution in [3.8, 4) is 5.75 Å². The van der Waals surface area contributed by atoms with E-state index in [1.165, 1.54) is 49.0 Å². The predicted octanol–water partition coefficient (Wildman–Crippen LogP) is 3.59. The normalized spacial score (nSPS) is 17.9. The van der Waals surface area contributed by atoms with Crippen molar-refractivity contribution in [2.75, 3.05) is 32.8 Å². The minimum Gasteiger partial charge on any atom is -0.494 e. The van der Waals surface area contributed by atoms with Crippen molar-refractivity contribution in [2.45, 2.75) is 52.6 Å². The lowest BCUT2D eigenvalue weighted by Gasteiger charge is -2.31. The number of amides is 1. The van der Waals surface area contributed by atoms with E-state index in [1.807, 2.05) is 13.8 Å². The Bertz CT molecular complexity index is 597. The highest BCUT2D eigenvalue weighted by atomic mass is 16.6. The van der Waals surface area contributed by atoms with Crippen LogP contribution in [0.1, 0.15) is 49.8 Å². The van der Waals surface area contributed by atoms with E-state index in [2.05, 4.69) is 17.0 Å². The number of carbonyl (C=O) groups is 1. The minimum atomic E-state index is -0.219. The van der Waals surface area contributed by atoms with Crippen LogP contribution in [-0.4, -0.2) is 48.7 Å². The topological polar surface area (TPSA) is 42.0 Å². The molecule has 0 unspecified atom stereocenters. The van der Waals surface area contributed by atoms with Crippen LogP contribution in [-0.2, 0) is 24.2 Å². The Balaban J connectivity index is 1.78. The number of benzene rings is 1. The molecule has 0 atom stereocenters. The summed E-state index contributed by atoms with van der Waals surface area (Å²) >= 11 is 0. The first-order valence-corrected chi connectivity index (χ1v) is 9.62. The second-order valence-electron chi connectivity index (χ2n) is 6.87.